The highest BCUT2D eigenvalue weighted by Gasteiger charge is 2.63. The van der Waals surface area contributed by atoms with E-state index in [1.54, 1.807) is 0 Å². The molecule has 5 heteroatoms. The Morgan fingerprint density at radius 2 is 2.05 bits per heavy atom. The summed E-state index contributed by atoms with van der Waals surface area (Å²) < 4.78 is 17.0. The fourth-order valence-electron chi connectivity index (χ4n) is 3.50. The Balaban J connectivity index is 1.72. The molecule has 104 valence electrons. The summed E-state index contributed by atoms with van der Waals surface area (Å²) in [6, 6.07) is 0. The molecule has 4 rings (SSSR count). The SMILES string of the molecule is OCC1=CC2C3OC3COCC3OC3C2(CO)C=C1. The van der Waals surface area contributed by atoms with E-state index in [4.69, 9.17) is 14.2 Å². The molecular formula is C14H18O5. The molecular weight excluding hydrogens is 248 g/mol. The lowest BCUT2D eigenvalue weighted by Gasteiger charge is -2.36. The summed E-state index contributed by atoms with van der Waals surface area (Å²) in [5.41, 5.74) is 0.442. The highest BCUT2D eigenvalue weighted by molar-refractivity contribution is 5.34. The van der Waals surface area contributed by atoms with Crippen LogP contribution in [0.4, 0.5) is 0 Å². The molecule has 0 amide bonds. The molecule has 19 heavy (non-hydrogen) atoms. The predicted molar refractivity (Wildman–Crippen MR) is 65.5 cm³/mol. The summed E-state index contributed by atoms with van der Waals surface area (Å²) in [6.07, 6.45) is 6.14. The third kappa shape index (κ3) is 1.73. The first-order chi connectivity index (χ1) is 9.28. The van der Waals surface area contributed by atoms with Crippen molar-refractivity contribution in [2.75, 3.05) is 26.4 Å². The average Bonchev–Trinajstić information content (AvgIpc) is 3.34. The molecule has 0 aromatic rings. The third-order valence-corrected chi connectivity index (χ3v) is 4.73. The second-order valence-electron chi connectivity index (χ2n) is 5.80. The van der Waals surface area contributed by atoms with Gasteiger partial charge in [-0.25, -0.2) is 0 Å². The van der Waals surface area contributed by atoms with E-state index in [1.807, 2.05) is 18.2 Å². The number of hydrogen-bond donors (Lipinski definition) is 2. The zero-order valence-electron chi connectivity index (χ0n) is 10.6. The van der Waals surface area contributed by atoms with Crippen LogP contribution in [0.25, 0.3) is 0 Å². The summed E-state index contributed by atoms with van der Waals surface area (Å²) in [5, 5.41) is 19.3. The van der Waals surface area contributed by atoms with Crippen molar-refractivity contribution in [2.24, 2.45) is 11.3 Å². The fraction of sp³-hybridized carbons (Fsp3) is 0.714. The highest BCUT2D eigenvalue weighted by atomic mass is 16.6. The second kappa shape index (κ2) is 4.14. The molecule has 6 unspecified atom stereocenters. The van der Waals surface area contributed by atoms with Crippen LogP contribution >= 0.6 is 0 Å². The number of aliphatic hydroxyl groups excluding tert-OH is 2. The van der Waals surface area contributed by atoms with Crippen LogP contribution in [0, 0.1) is 11.3 Å². The molecule has 0 spiro atoms. The van der Waals surface area contributed by atoms with Crippen LogP contribution in [0.2, 0.25) is 0 Å². The van der Waals surface area contributed by atoms with Crippen LogP contribution in [0.15, 0.2) is 23.8 Å². The smallest absolute Gasteiger partial charge is 0.108 e. The summed E-state index contributed by atoms with van der Waals surface area (Å²) in [4.78, 5) is 0. The molecule has 3 aliphatic heterocycles. The first-order valence-corrected chi connectivity index (χ1v) is 6.79. The molecule has 2 N–H and O–H groups in total. The summed E-state index contributed by atoms with van der Waals surface area (Å²) >= 11 is 0. The van der Waals surface area contributed by atoms with Gasteiger partial charge in [-0.3, -0.25) is 0 Å². The molecule has 0 aromatic heterocycles. The van der Waals surface area contributed by atoms with Crippen LogP contribution in [0.3, 0.4) is 0 Å². The molecule has 3 heterocycles. The standard InChI is InChI=1S/C14H18O5/c15-4-8-1-2-14(7-16)9(3-8)12-10(18-12)5-17-6-11-13(14)19-11/h1-3,9-13,15-16H,4-7H2. The quantitative estimate of drug-likeness (QED) is 0.667. The van der Waals surface area contributed by atoms with Crippen LogP contribution in [0.5, 0.6) is 0 Å². The molecule has 1 aliphatic carbocycles. The number of hydrogen-bond acceptors (Lipinski definition) is 5. The number of rotatable bonds is 2. The Hall–Kier alpha value is -0.720. The molecule has 3 fully saturated rings. The molecule has 5 nitrogen and oxygen atoms in total. The average molecular weight is 266 g/mol. The van der Waals surface area contributed by atoms with Crippen LogP contribution in [0.1, 0.15) is 0 Å². The maximum atomic E-state index is 9.96. The molecule has 0 bridgehead atoms. The van der Waals surface area contributed by atoms with Crippen molar-refractivity contribution in [3.05, 3.63) is 23.8 Å². The van der Waals surface area contributed by atoms with Crippen LogP contribution in [-0.4, -0.2) is 61.1 Å². The summed E-state index contributed by atoms with van der Waals surface area (Å²) in [7, 11) is 0. The lowest BCUT2D eigenvalue weighted by molar-refractivity contribution is 0.0781. The minimum Gasteiger partial charge on any atom is -0.395 e. The molecule has 6 atom stereocenters. The van der Waals surface area contributed by atoms with Gasteiger partial charge >= 0.3 is 0 Å². The number of aliphatic hydroxyl groups is 2. The number of ether oxygens (including phenoxy) is 3. The molecule has 0 radical (unpaired) electrons. The van der Waals surface area contributed by atoms with Crippen molar-refractivity contribution in [3.8, 4) is 0 Å². The van der Waals surface area contributed by atoms with E-state index in [0.29, 0.717) is 13.2 Å². The zero-order valence-corrected chi connectivity index (χ0v) is 10.6. The molecule has 0 aromatic carbocycles. The Kier molecular flexibility index (Phi) is 2.62. The van der Waals surface area contributed by atoms with Gasteiger partial charge in [0.15, 0.2) is 0 Å². The van der Waals surface area contributed by atoms with Gasteiger partial charge in [-0.05, 0) is 5.57 Å². The van der Waals surface area contributed by atoms with Crippen molar-refractivity contribution in [3.63, 3.8) is 0 Å². The number of epoxide rings is 2. The van der Waals surface area contributed by atoms with E-state index < -0.39 is 5.41 Å². The maximum absolute atomic E-state index is 9.96. The van der Waals surface area contributed by atoms with Crippen molar-refractivity contribution >= 4 is 0 Å². The van der Waals surface area contributed by atoms with E-state index in [9.17, 15) is 10.2 Å². The number of fused-ring (bicyclic) bond motifs is 5. The minimum atomic E-state index is -0.434. The van der Waals surface area contributed by atoms with Gasteiger partial charge in [-0.15, -0.1) is 0 Å². The normalized spacial score (nSPS) is 50.8. The van der Waals surface area contributed by atoms with Gasteiger partial charge in [-0.1, -0.05) is 18.2 Å². The maximum Gasteiger partial charge on any atom is 0.108 e. The molecule has 4 aliphatic rings. The largest absolute Gasteiger partial charge is 0.395 e. The van der Waals surface area contributed by atoms with Gasteiger partial charge in [0, 0.05) is 11.3 Å². The van der Waals surface area contributed by atoms with Gasteiger partial charge in [0.2, 0.25) is 0 Å². The topological polar surface area (TPSA) is 74.8 Å². The van der Waals surface area contributed by atoms with Crippen LogP contribution < -0.4 is 0 Å². The predicted octanol–water partition coefficient (Wildman–Crippen LogP) is -0.365. The van der Waals surface area contributed by atoms with Gasteiger partial charge in [0.1, 0.15) is 12.2 Å². The van der Waals surface area contributed by atoms with Crippen molar-refractivity contribution < 1.29 is 24.4 Å². The van der Waals surface area contributed by atoms with E-state index in [2.05, 4.69) is 0 Å². The van der Waals surface area contributed by atoms with Gasteiger partial charge < -0.3 is 24.4 Å². The third-order valence-electron chi connectivity index (χ3n) is 4.73. The van der Waals surface area contributed by atoms with Crippen molar-refractivity contribution in [2.45, 2.75) is 24.4 Å². The summed E-state index contributed by atoms with van der Waals surface area (Å²) in [6.45, 7) is 1.19. The van der Waals surface area contributed by atoms with Gasteiger partial charge in [0.25, 0.3) is 0 Å². The highest BCUT2D eigenvalue weighted by Crippen LogP contribution is 2.53. The second-order valence-corrected chi connectivity index (χ2v) is 5.80. The van der Waals surface area contributed by atoms with E-state index in [0.717, 1.165) is 5.57 Å². The van der Waals surface area contributed by atoms with Gasteiger partial charge in [-0.2, -0.15) is 0 Å². The summed E-state index contributed by atoms with van der Waals surface area (Å²) in [5.74, 6) is 0.0475. The molecule has 3 saturated heterocycles. The van der Waals surface area contributed by atoms with Crippen LogP contribution in [-0.2, 0) is 14.2 Å². The Morgan fingerprint density at radius 3 is 2.84 bits per heavy atom. The molecule has 0 saturated carbocycles. The lowest BCUT2D eigenvalue weighted by atomic mass is 9.67. The lowest BCUT2D eigenvalue weighted by Crippen LogP contribution is -2.42. The van der Waals surface area contributed by atoms with Crippen molar-refractivity contribution in [1.29, 1.82) is 0 Å². The minimum absolute atomic E-state index is 0.0113. The monoisotopic (exact) mass is 266 g/mol. The fourth-order valence-corrected chi connectivity index (χ4v) is 3.50. The Bertz CT molecular complexity index is 445. The van der Waals surface area contributed by atoms with Crippen molar-refractivity contribution in [1.82, 2.24) is 0 Å². The van der Waals surface area contributed by atoms with E-state index >= 15 is 0 Å². The first-order valence-electron chi connectivity index (χ1n) is 6.79. The van der Waals surface area contributed by atoms with Gasteiger partial charge in [0.05, 0.1) is 38.6 Å². The Labute approximate surface area is 111 Å². The zero-order chi connectivity index (χ0) is 13.0. The van der Waals surface area contributed by atoms with E-state index in [-0.39, 0.29) is 43.5 Å². The van der Waals surface area contributed by atoms with E-state index in [1.165, 1.54) is 0 Å². The first kappa shape index (κ1) is 12.1. The Morgan fingerprint density at radius 1 is 1.21 bits per heavy atom.